The topological polar surface area (TPSA) is 39.6 Å². The molecule has 2 heterocycles. The van der Waals surface area contributed by atoms with E-state index >= 15 is 0 Å². The van der Waals surface area contributed by atoms with Crippen molar-refractivity contribution in [3.05, 3.63) is 11.1 Å². The lowest BCUT2D eigenvalue weighted by atomic mass is 10.3. The van der Waals surface area contributed by atoms with Crippen LogP contribution >= 0.6 is 11.3 Å². The Kier molecular flexibility index (Phi) is 3.78. The van der Waals surface area contributed by atoms with Crippen molar-refractivity contribution in [2.75, 3.05) is 38.1 Å². The molecule has 0 spiro atoms. The van der Waals surface area contributed by atoms with E-state index in [1.807, 2.05) is 5.38 Å². The fourth-order valence-corrected chi connectivity index (χ4v) is 2.82. The summed E-state index contributed by atoms with van der Waals surface area (Å²) < 4.78 is 0. The Bertz CT molecular complexity index is 340. The number of hydrogen-bond acceptors (Lipinski definition) is 5. The molecule has 5 heteroatoms. The van der Waals surface area contributed by atoms with E-state index in [0.29, 0.717) is 0 Å². The smallest absolute Gasteiger partial charge is 0.185 e. The van der Waals surface area contributed by atoms with Gasteiger partial charge in [-0.3, -0.25) is 0 Å². The normalized spacial score (nSPS) is 20.8. The van der Waals surface area contributed by atoms with Crippen molar-refractivity contribution in [3.8, 4) is 0 Å². The standard InChI is InChI=1S/C11H19N3OS/c1-9(15)10-8-16-11(12-10)14-5-3-4-13(2)6-7-14/h8-9,15H,3-7H2,1-2H3. The monoisotopic (exact) mass is 241 g/mol. The van der Waals surface area contributed by atoms with Crippen LogP contribution in [0.15, 0.2) is 5.38 Å². The van der Waals surface area contributed by atoms with Crippen molar-refractivity contribution in [2.45, 2.75) is 19.4 Å². The van der Waals surface area contributed by atoms with Crippen molar-refractivity contribution in [3.63, 3.8) is 0 Å². The molecule has 2 rings (SSSR count). The van der Waals surface area contributed by atoms with Crippen LogP contribution in [-0.2, 0) is 0 Å². The maximum atomic E-state index is 9.45. The van der Waals surface area contributed by atoms with Crippen LogP contribution in [0.5, 0.6) is 0 Å². The fraction of sp³-hybridized carbons (Fsp3) is 0.727. The van der Waals surface area contributed by atoms with Gasteiger partial charge in [-0.25, -0.2) is 4.98 Å². The van der Waals surface area contributed by atoms with Crippen LogP contribution in [0, 0.1) is 0 Å². The zero-order valence-corrected chi connectivity index (χ0v) is 10.7. The van der Waals surface area contributed by atoms with Gasteiger partial charge in [0.2, 0.25) is 0 Å². The third-order valence-electron chi connectivity index (χ3n) is 2.93. The second-order valence-electron chi connectivity index (χ2n) is 4.37. The summed E-state index contributed by atoms with van der Waals surface area (Å²) in [5, 5.41) is 12.5. The summed E-state index contributed by atoms with van der Waals surface area (Å²) in [6.07, 6.45) is 0.722. The van der Waals surface area contributed by atoms with E-state index < -0.39 is 6.10 Å². The minimum absolute atomic E-state index is 0.459. The third-order valence-corrected chi connectivity index (χ3v) is 3.85. The van der Waals surface area contributed by atoms with Gasteiger partial charge in [0.05, 0.1) is 11.8 Å². The van der Waals surface area contributed by atoms with Crippen molar-refractivity contribution in [1.29, 1.82) is 0 Å². The molecule has 0 amide bonds. The van der Waals surface area contributed by atoms with Crippen molar-refractivity contribution in [1.82, 2.24) is 9.88 Å². The molecule has 0 aromatic carbocycles. The molecule has 1 aromatic heterocycles. The first kappa shape index (κ1) is 11.8. The minimum Gasteiger partial charge on any atom is -0.387 e. The van der Waals surface area contributed by atoms with Crippen molar-refractivity contribution in [2.24, 2.45) is 0 Å². The van der Waals surface area contributed by atoms with Gasteiger partial charge in [-0.05, 0) is 26.9 Å². The molecule has 1 aliphatic rings. The molecule has 1 aliphatic heterocycles. The van der Waals surface area contributed by atoms with Gasteiger partial charge in [-0.1, -0.05) is 0 Å². The Balaban J connectivity index is 2.05. The average molecular weight is 241 g/mol. The van der Waals surface area contributed by atoms with Gasteiger partial charge in [-0.15, -0.1) is 11.3 Å². The molecular formula is C11H19N3OS. The van der Waals surface area contributed by atoms with E-state index in [2.05, 4.69) is 21.8 Å². The van der Waals surface area contributed by atoms with E-state index in [9.17, 15) is 5.11 Å². The number of hydrogen-bond donors (Lipinski definition) is 1. The summed E-state index contributed by atoms with van der Waals surface area (Å²) in [6.45, 7) is 6.10. The fourth-order valence-electron chi connectivity index (χ4n) is 1.85. The first-order chi connectivity index (χ1) is 7.66. The molecule has 1 atom stereocenters. The molecule has 1 saturated heterocycles. The largest absolute Gasteiger partial charge is 0.387 e. The van der Waals surface area contributed by atoms with Crippen LogP contribution < -0.4 is 4.90 Å². The van der Waals surface area contributed by atoms with Gasteiger partial charge in [0.1, 0.15) is 0 Å². The second kappa shape index (κ2) is 5.12. The maximum Gasteiger partial charge on any atom is 0.185 e. The third kappa shape index (κ3) is 2.72. The Morgan fingerprint density at radius 1 is 1.38 bits per heavy atom. The van der Waals surface area contributed by atoms with E-state index in [-0.39, 0.29) is 0 Å². The lowest BCUT2D eigenvalue weighted by molar-refractivity contribution is 0.195. The number of aromatic nitrogens is 1. The van der Waals surface area contributed by atoms with Gasteiger partial charge in [0.15, 0.2) is 5.13 Å². The van der Waals surface area contributed by atoms with Crippen LogP contribution in [0.25, 0.3) is 0 Å². The van der Waals surface area contributed by atoms with E-state index in [4.69, 9.17) is 0 Å². The summed E-state index contributed by atoms with van der Waals surface area (Å²) in [5.74, 6) is 0. The number of likely N-dealkylation sites (N-methyl/N-ethyl adjacent to an activating group) is 1. The summed E-state index contributed by atoms with van der Waals surface area (Å²) in [4.78, 5) is 9.15. The highest BCUT2D eigenvalue weighted by Gasteiger charge is 2.16. The first-order valence-corrected chi connectivity index (χ1v) is 6.62. The van der Waals surface area contributed by atoms with Crippen LogP contribution in [0.4, 0.5) is 5.13 Å². The zero-order valence-electron chi connectivity index (χ0n) is 9.89. The lowest BCUT2D eigenvalue weighted by Crippen LogP contribution is -2.28. The molecule has 4 nitrogen and oxygen atoms in total. The first-order valence-electron chi connectivity index (χ1n) is 5.74. The molecule has 1 fully saturated rings. The SMILES string of the molecule is CC(O)c1csc(N2CCCN(C)CC2)n1. The van der Waals surface area contributed by atoms with E-state index in [1.165, 1.54) is 6.42 Å². The molecule has 90 valence electrons. The molecule has 0 saturated carbocycles. The lowest BCUT2D eigenvalue weighted by Gasteiger charge is -2.19. The highest BCUT2D eigenvalue weighted by Crippen LogP contribution is 2.24. The molecule has 1 N–H and O–H groups in total. The van der Waals surface area contributed by atoms with Crippen molar-refractivity contribution < 1.29 is 5.11 Å². The van der Waals surface area contributed by atoms with Gasteiger partial charge in [0, 0.05) is 25.0 Å². The summed E-state index contributed by atoms with van der Waals surface area (Å²) in [5.41, 5.74) is 0.789. The Morgan fingerprint density at radius 3 is 2.88 bits per heavy atom. The maximum absolute atomic E-state index is 9.45. The number of nitrogens with zero attached hydrogens (tertiary/aromatic N) is 3. The predicted octanol–water partition coefficient (Wildman–Crippen LogP) is 1.34. The molecule has 0 aliphatic carbocycles. The van der Waals surface area contributed by atoms with Gasteiger partial charge in [0.25, 0.3) is 0 Å². The van der Waals surface area contributed by atoms with Gasteiger partial charge < -0.3 is 14.9 Å². The average Bonchev–Trinajstić information content (AvgIpc) is 2.63. The molecule has 1 aromatic rings. The molecule has 1 unspecified atom stereocenters. The number of thiazole rings is 1. The number of rotatable bonds is 2. The highest BCUT2D eigenvalue weighted by atomic mass is 32.1. The Hall–Kier alpha value is -0.650. The number of aliphatic hydroxyl groups excluding tert-OH is 1. The quantitative estimate of drug-likeness (QED) is 0.848. The number of aliphatic hydroxyl groups is 1. The molecular weight excluding hydrogens is 222 g/mol. The summed E-state index contributed by atoms with van der Waals surface area (Å²) >= 11 is 1.63. The van der Waals surface area contributed by atoms with Gasteiger partial charge in [-0.2, -0.15) is 0 Å². The Labute approximate surface area is 101 Å². The molecule has 0 bridgehead atoms. The van der Waals surface area contributed by atoms with Gasteiger partial charge >= 0.3 is 0 Å². The minimum atomic E-state index is -0.459. The number of anilines is 1. The van der Waals surface area contributed by atoms with Crippen LogP contribution in [-0.4, -0.2) is 48.2 Å². The van der Waals surface area contributed by atoms with Crippen LogP contribution in [0.1, 0.15) is 25.1 Å². The Morgan fingerprint density at radius 2 is 2.19 bits per heavy atom. The molecule has 0 radical (unpaired) electrons. The van der Waals surface area contributed by atoms with Crippen LogP contribution in [0.3, 0.4) is 0 Å². The zero-order chi connectivity index (χ0) is 11.5. The highest BCUT2D eigenvalue weighted by molar-refractivity contribution is 7.13. The van der Waals surface area contributed by atoms with Crippen LogP contribution in [0.2, 0.25) is 0 Å². The molecule has 16 heavy (non-hydrogen) atoms. The van der Waals surface area contributed by atoms with Crippen molar-refractivity contribution >= 4 is 16.5 Å². The van der Waals surface area contributed by atoms with E-state index in [0.717, 1.165) is 37.0 Å². The summed E-state index contributed by atoms with van der Waals surface area (Å²) in [6, 6.07) is 0. The van der Waals surface area contributed by atoms with E-state index in [1.54, 1.807) is 18.3 Å². The predicted molar refractivity (Wildman–Crippen MR) is 67.1 cm³/mol. The summed E-state index contributed by atoms with van der Waals surface area (Å²) in [7, 11) is 2.16. The second-order valence-corrected chi connectivity index (χ2v) is 5.21.